The summed E-state index contributed by atoms with van der Waals surface area (Å²) >= 11 is 1.25. The minimum absolute atomic E-state index is 0.130. The first kappa shape index (κ1) is 26.2. The summed E-state index contributed by atoms with van der Waals surface area (Å²) in [6.07, 6.45) is 0. The number of aryl methyl sites for hydroxylation is 2. The molecule has 1 amide bonds. The van der Waals surface area contributed by atoms with Crippen LogP contribution in [0.3, 0.4) is 0 Å². The molecule has 1 N–H and O–H groups in total. The summed E-state index contributed by atoms with van der Waals surface area (Å²) in [4.78, 5) is 17.4. The lowest BCUT2D eigenvalue weighted by Gasteiger charge is -2.11. The quantitative estimate of drug-likeness (QED) is 0.247. The highest BCUT2D eigenvalue weighted by Gasteiger charge is 2.16. The number of thioether (sulfide) groups is 1. The number of ether oxygens (including phenoxy) is 2. The van der Waals surface area contributed by atoms with E-state index in [0.717, 1.165) is 33.9 Å². The van der Waals surface area contributed by atoms with Crippen LogP contribution < -0.4 is 14.8 Å². The molecule has 8 heteroatoms. The van der Waals surface area contributed by atoms with Gasteiger partial charge in [-0.3, -0.25) is 4.79 Å². The second kappa shape index (κ2) is 12.4. The number of anilines is 1. The molecule has 0 aliphatic carbocycles. The Bertz CT molecular complexity index is 1360. The predicted molar refractivity (Wildman–Crippen MR) is 148 cm³/mol. The molecule has 7 nitrogen and oxygen atoms in total. The number of nitrogens with zero attached hydrogens (tertiary/aromatic N) is 3. The predicted octanol–water partition coefficient (Wildman–Crippen LogP) is 6.35. The van der Waals surface area contributed by atoms with Gasteiger partial charge in [0, 0.05) is 16.8 Å². The van der Waals surface area contributed by atoms with E-state index in [-0.39, 0.29) is 11.7 Å². The summed E-state index contributed by atoms with van der Waals surface area (Å²) in [7, 11) is 0. The number of carbonyl (C=O) groups is 1. The molecule has 0 unspecified atom stereocenters. The molecule has 1 aromatic heterocycles. The highest BCUT2D eigenvalue weighted by atomic mass is 32.2. The third-order valence-electron chi connectivity index (χ3n) is 5.67. The van der Waals surface area contributed by atoms with Crippen molar-refractivity contribution in [1.29, 1.82) is 0 Å². The molecule has 0 bridgehead atoms. The van der Waals surface area contributed by atoms with Gasteiger partial charge in [0.1, 0.15) is 22.9 Å². The van der Waals surface area contributed by atoms with Crippen molar-refractivity contribution in [2.75, 3.05) is 24.3 Å². The van der Waals surface area contributed by atoms with Gasteiger partial charge < -0.3 is 14.8 Å². The first-order valence-corrected chi connectivity index (χ1v) is 13.2. The van der Waals surface area contributed by atoms with E-state index in [1.165, 1.54) is 17.3 Å². The first-order chi connectivity index (χ1) is 18.0. The lowest BCUT2D eigenvalue weighted by molar-refractivity contribution is -0.113. The summed E-state index contributed by atoms with van der Waals surface area (Å²) in [6, 6.07) is 21.3. The molecule has 3 aromatic carbocycles. The van der Waals surface area contributed by atoms with Crippen molar-refractivity contribution < 1.29 is 14.3 Å². The number of nitrogens with one attached hydrogen (secondary N) is 1. The molecule has 0 aliphatic rings. The van der Waals surface area contributed by atoms with Crippen LogP contribution >= 0.6 is 11.8 Å². The van der Waals surface area contributed by atoms with E-state index in [0.29, 0.717) is 29.8 Å². The first-order valence-electron chi connectivity index (χ1n) is 12.2. The number of rotatable bonds is 10. The Kier molecular flexibility index (Phi) is 8.74. The summed E-state index contributed by atoms with van der Waals surface area (Å²) in [5.74, 6) is 1.61. The van der Waals surface area contributed by atoms with Crippen LogP contribution in [0.15, 0.2) is 71.9 Å². The topological polar surface area (TPSA) is 86.2 Å². The van der Waals surface area contributed by atoms with Gasteiger partial charge in [0.05, 0.1) is 19.0 Å². The Morgan fingerprint density at radius 2 is 1.38 bits per heavy atom. The lowest BCUT2D eigenvalue weighted by Crippen LogP contribution is -2.14. The van der Waals surface area contributed by atoms with E-state index in [2.05, 4.69) is 15.5 Å². The van der Waals surface area contributed by atoms with E-state index in [1.807, 2.05) is 94.4 Å². The van der Waals surface area contributed by atoms with Gasteiger partial charge in [-0.05, 0) is 99.5 Å². The van der Waals surface area contributed by atoms with Crippen LogP contribution in [0.2, 0.25) is 0 Å². The number of aromatic nitrogens is 3. The third-order valence-corrected chi connectivity index (χ3v) is 6.51. The highest BCUT2D eigenvalue weighted by Crippen LogP contribution is 2.32. The highest BCUT2D eigenvalue weighted by molar-refractivity contribution is 7.99. The molecule has 190 valence electrons. The van der Waals surface area contributed by atoms with E-state index >= 15 is 0 Å². The maximum absolute atomic E-state index is 12.6. The van der Waals surface area contributed by atoms with Crippen molar-refractivity contribution in [1.82, 2.24) is 15.2 Å². The molecule has 1 heterocycles. The van der Waals surface area contributed by atoms with Crippen LogP contribution in [-0.2, 0) is 4.79 Å². The largest absolute Gasteiger partial charge is 0.494 e. The summed E-state index contributed by atoms with van der Waals surface area (Å²) in [6.45, 7) is 9.16. The van der Waals surface area contributed by atoms with Crippen LogP contribution in [0.25, 0.3) is 22.5 Å². The molecule has 4 aromatic rings. The van der Waals surface area contributed by atoms with Crippen LogP contribution in [0.4, 0.5) is 5.69 Å². The molecule has 0 fully saturated rings. The van der Waals surface area contributed by atoms with Gasteiger partial charge in [-0.15, -0.1) is 10.2 Å². The molecular formula is C29H30N4O3S. The smallest absolute Gasteiger partial charge is 0.234 e. The van der Waals surface area contributed by atoms with Crippen molar-refractivity contribution in [3.8, 4) is 34.0 Å². The Balaban J connectivity index is 1.57. The van der Waals surface area contributed by atoms with Gasteiger partial charge in [-0.25, -0.2) is 4.98 Å². The minimum atomic E-state index is -0.130. The summed E-state index contributed by atoms with van der Waals surface area (Å²) in [5, 5.41) is 12.2. The number of amides is 1. The minimum Gasteiger partial charge on any atom is -0.494 e. The van der Waals surface area contributed by atoms with Crippen molar-refractivity contribution in [3.05, 3.63) is 77.9 Å². The molecule has 0 radical (unpaired) electrons. The SMILES string of the molecule is CCOc1ccc(-c2nnc(SCC(=O)Nc3ccc(C)c(C)c3)nc2-c2ccc(OCC)cc2)cc1. The Morgan fingerprint density at radius 1 is 0.784 bits per heavy atom. The van der Waals surface area contributed by atoms with E-state index < -0.39 is 0 Å². The molecule has 0 atom stereocenters. The fourth-order valence-corrected chi connectivity index (χ4v) is 4.25. The van der Waals surface area contributed by atoms with Crippen molar-refractivity contribution >= 4 is 23.4 Å². The second-order valence-corrected chi connectivity index (χ2v) is 9.28. The molecule has 4 rings (SSSR count). The zero-order valence-electron chi connectivity index (χ0n) is 21.4. The van der Waals surface area contributed by atoms with E-state index in [4.69, 9.17) is 14.5 Å². The van der Waals surface area contributed by atoms with Crippen LogP contribution in [0, 0.1) is 13.8 Å². The van der Waals surface area contributed by atoms with Crippen LogP contribution in [0.1, 0.15) is 25.0 Å². The third kappa shape index (κ3) is 6.86. The maximum atomic E-state index is 12.6. The fourth-order valence-electron chi connectivity index (χ4n) is 3.67. The van der Waals surface area contributed by atoms with E-state index in [1.54, 1.807) is 0 Å². The molecule has 37 heavy (non-hydrogen) atoms. The van der Waals surface area contributed by atoms with Crippen molar-refractivity contribution in [3.63, 3.8) is 0 Å². The summed E-state index contributed by atoms with van der Waals surface area (Å²) < 4.78 is 11.2. The normalized spacial score (nSPS) is 10.7. The van der Waals surface area contributed by atoms with Gasteiger partial charge >= 0.3 is 0 Å². The van der Waals surface area contributed by atoms with Gasteiger partial charge in [-0.1, -0.05) is 17.8 Å². The molecule has 0 saturated heterocycles. The van der Waals surface area contributed by atoms with Gasteiger partial charge in [-0.2, -0.15) is 0 Å². The van der Waals surface area contributed by atoms with Crippen molar-refractivity contribution in [2.45, 2.75) is 32.9 Å². The van der Waals surface area contributed by atoms with Gasteiger partial charge in [0.15, 0.2) is 0 Å². The molecule has 0 spiro atoms. The monoisotopic (exact) mass is 514 g/mol. The number of benzene rings is 3. The average molecular weight is 515 g/mol. The Hall–Kier alpha value is -3.91. The van der Waals surface area contributed by atoms with Gasteiger partial charge in [0.2, 0.25) is 11.1 Å². The Labute approximate surface area is 221 Å². The number of hydrogen-bond acceptors (Lipinski definition) is 7. The zero-order valence-corrected chi connectivity index (χ0v) is 22.3. The fraction of sp³-hybridized carbons (Fsp3) is 0.241. The Morgan fingerprint density at radius 3 is 1.95 bits per heavy atom. The maximum Gasteiger partial charge on any atom is 0.234 e. The van der Waals surface area contributed by atoms with Crippen LogP contribution in [0.5, 0.6) is 11.5 Å². The molecule has 0 aliphatic heterocycles. The average Bonchev–Trinajstić information content (AvgIpc) is 2.91. The summed E-state index contributed by atoms with van der Waals surface area (Å²) in [5.41, 5.74) is 6.16. The molecule has 0 saturated carbocycles. The van der Waals surface area contributed by atoms with Crippen molar-refractivity contribution in [2.24, 2.45) is 0 Å². The van der Waals surface area contributed by atoms with Gasteiger partial charge in [0.25, 0.3) is 0 Å². The standard InChI is InChI=1S/C29H30N4O3S/c1-5-35-24-13-8-21(9-14-24)27-28(22-10-15-25(16-11-22)36-6-2)32-33-29(31-27)37-18-26(34)30-23-12-7-19(3)20(4)17-23/h7-17H,5-6,18H2,1-4H3,(H,30,34). The van der Waals surface area contributed by atoms with Crippen LogP contribution in [-0.4, -0.2) is 40.1 Å². The number of carbonyl (C=O) groups excluding carboxylic acids is 1. The number of hydrogen-bond donors (Lipinski definition) is 1. The molecular weight excluding hydrogens is 484 g/mol. The van der Waals surface area contributed by atoms with E-state index in [9.17, 15) is 4.79 Å². The lowest BCUT2D eigenvalue weighted by atomic mass is 10.0. The second-order valence-electron chi connectivity index (χ2n) is 8.34. The zero-order chi connectivity index (χ0) is 26.2.